The molecular weight excluding hydrogens is 225 g/mol. The molecule has 0 saturated carbocycles. The predicted molar refractivity (Wildman–Crippen MR) is 57.5 cm³/mol. The van der Waals surface area contributed by atoms with E-state index in [-0.39, 0.29) is 11.5 Å². The molecule has 0 aliphatic heterocycles. The second-order valence-corrected chi connectivity index (χ2v) is 4.02. The first kappa shape index (κ1) is 13.2. The number of benzene rings is 1. The number of amides is 1. The lowest BCUT2D eigenvalue weighted by Gasteiger charge is -2.23. The maximum Gasteiger partial charge on any atom is 0.251 e. The van der Waals surface area contributed by atoms with Crippen LogP contribution in [0.25, 0.3) is 0 Å². The van der Waals surface area contributed by atoms with Crippen LogP contribution in [-0.2, 0) is 4.79 Å². The Morgan fingerprint density at radius 3 is 2.18 bits per heavy atom. The Hall–Kier alpha value is -1.91. The number of aliphatic carboxylic acids is 1. The summed E-state index contributed by atoms with van der Waals surface area (Å²) in [5, 5.41) is 13.1. The van der Waals surface area contributed by atoms with Crippen LogP contribution >= 0.6 is 0 Å². The molecule has 4 nitrogen and oxygen atoms in total. The van der Waals surface area contributed by atoms with Crippen molar-refractivity contribution < 1.29 is 19.1 Å². The minimum atomic E-state index is -1.34. The van der Waals surface area contributed by atoms with Gasteiger partial charge >= 0.3 is 0 Å². The number of rotatable bonds is 4. The van der Waals surface area contributed by atoms with Gasteiger partial charge in [0.05, 0.1) is 12.0 Å². The number of carboxylic acids is 1. The van der Waals surface area contributed by atoms with E-state index in [0.29, 0.717) is 0 Å². The van der Waals surface area contributed by atoms with Crippen LogP contribution < -0.4 is 10.4 Å². The molecule has 17 heavy (non-hydrogen) atoms. The van der Waals surface area contributed by atoms with Gasteiger partial charge in [0.15, 0.2) is 0 Å². The molecular formula is C12H13FNO3-. The lowest BCUT2D eigenvalue weighted by molar-refractivity contribution is -0.309. The standard InChI is InChI=1S/C12H14FNO3/c1-7(2)10(12(16)17)14-11(15)8-3-5-9(13)6-4-8/h3-7,10H,1-2H3,(H,14,15)(H,16,17)/p-1/t10-/m1/s1. The second-order valence-electron chi connectivity index (χ2n) is 4.02. The molecule has 5 heteroatoms. The second kappa shape index (κ2) is 5.43. The van der Waals surface area contributed by atoms with Crippen LogP contribution in [0.4, 0.5) is 4.39 Å². The Bertz CT molecular complexity index is 414. The van der Waals surface area contributed by atoms with E-state index in [9.17, 15) is 19.1 Å². The Labute approximate surface area is 98.5 Å². The summed E-state index contributed by atoms with van der Waals surface area (Å²) in [5.41, 5.74) is 0.207. The van der Waals surface area contributed by atoms with Gasteiger partial charge in [-0.1, -0.05) is 13.8 Å². The van der Waals surface area contributed by atoms with Crippen molar-refractivity contribution in [3.05, 3.63) is 35.6 Å². The van der Waals surface area contributed by atoms with Crippen molar-refractivity contribution in [2.24, 2.45) is 5.92 Å². The molecule has 1 atom stereocenters. The normalized spacial score (nSPS) is 12.2. The fourth-order valence-corrected chi connectivity index (χ4v) is 1.32. The van der Waals surface area contributed by atoms with Gasteiger partial charge in [-0.2, -0.15) is 0 Å². The van der Waals surface area contributed by atoms with Gasteiger partial charge in [-0.05, 0) is 30.2 Å². The SMILES string of the molecule is CC(C)[C@@H](NC(=O)c1ccc(F)cc1)C(=O)[O-]. The molecule has 0 aliphatic carbocycles. The fourth-order valence-electron chi connectivity index (χ4n) is 1.32. The number of hydrogen-bond acceptors (Lipinski definition) is 3. The topological polar surface area (TPSA) is 69.2 Å². The molecule has 0 fully saturated rings. The molecule has 0 aliphatic rings. The number of nitrogens with one attached hydrogen (secondary N) is 1. The number of halogens is 1. The molecule has 1 aromatic carbocycles. The summed E-state index contributed by atoms with van der Waals surface area (Å²) in [6, 6.07) is 3.79. The van der Waals surface area contributed by atoms with E-state index >= 15 is 0 Å². The van der Waals surface area contributed by atoms with Crippen LogP contribution in [0.2, 0.25) is 0 Å². The molecule has 0 unspecified atom stereocenters. The summed E-state index contributed by atoms with van der Waals surface area (Å²) in [6.07, 6.45) is 0. The fraction of sp³-hybridized carbons (Fsp3) is 0.333. The number of hydrogen-bond donors (Lipinski definition) is 1. The van der Waals surface area contributed by atoms with Gasteiger partial charge in [-0.3, -0.25) is 4.79 Å². The lowest BCUT2D eigenvalue weighted by atomic mass is 10.0. The predicted octanol–water partition coefficient (Wildman–Crippen LogP) is 0.330. The third-order valence-corrected chi connectivity index (χ3v) is 2.31. The summed E-state index contributed by atoms with van der Waals surface area (Å²) in [5.74, 6) is -2.64. The first-order valence-electron chi connectivity index (χ1n) is 5.19. The maximum absolute atomic E-state index is 12.6. The van der Waals surface area contributed by atoms with E-state index < -0.39 is 23.7 Å². The van der Waals surface area contributed by atoms with E-state index in [1.807, 2.05) is 0 Å². The Morgan fingerprint density at radius 1 is 1.24 bits per heavy atom. The lowest BCUT2D eigenvalue weighted by Crippen LogP contribution is -2.50. The van der Waals surface area contributed by atoms with Gasteiger partial charge in [-0.25, -0.2) is 4.39 Å². The first-order valence-corrected chi connectivity index (χ1v) is 5.19. The Morgan fingerprint density at radius 2 is 1.76 bits per heavy atom. The first-order chi connectivity index (χ1) is 7.91. The zero-order valence-corrected chi connectivity index (χ0v) is 9.57. The van der Waals surface area contributed by atoms with Crippen LogP contribution in [-0.4, -0.2) is 17.9 Å². The van der Waals surface area contributed by atoms with Crippen molar-refractivity contribution in [2.75, 3.05) is 0 Å². The molecule has 1 rings (SSSR count). The minimum Gasteiger partial charge on any atom is -0.548 e. The summed E-state index contributed by atoms with van der Waals surface area (Å²) in [4.78, 5) is 22.4. The summed E-state index contributed by atoms with van der Waals surface area (Å²) < 4.78 is 12.6. The van der Waals surface area contributed by atoms with Gasteiger partial charge in [0.2, 0.25) is 0 Å². The van der Waals surface area contributed by atoms with E-state index in [2.05, 4.69) is 5.32 Å². The molecule has 1 aromatic rings. The average Bonchev–Trinajstić information content (AvgIpc) is 2.25. The van der Waals surface area contributed by atoms with Crippen molar-refractivity contribution in [1.82, 2.24) is 5.32 Å². The number of carboxylic acid groups (broad SMARTS) is 1. The highest BCUT2D eigenvalue weighted by molar-refractivity contribution is 5.96. The molecule has 92 valence electrons. The third kappa shape index (κ3) is 3.55. The Kier molecular flexibility index (Phi) is 4.20. The molecule has 1 amide bonds. The summed E-state index contributed by atoms with van der Waals surface area (Å²) in [7, 11) is 0. The largest absolute Gasteiger partial charge is 0.548 e. The van der Waals surface area contributed by atoms with E-state index in [1.165, 1.54) is 12.1 Å². The van der Waals surface area contributed by atoms with Gasteiger partial charge in [0.1, 0.15) is 5.82 Å². The highest BCUT2D eigenvalue weighted by Crippen LogP contribution is 2.05. The molecule has 1 N–H and O–H groups in total. The van der Waals surface area contributed by atoms with Gasteiger partial charge in [0, 0.05) is 5.56 Å². The van der Waals surface area contributed by atoms with Gasteiger partial charge < -0.3 is 15.2 Å². The molecule has 0 aromatic heterocycles. The third-order valence-electron chi connectivity index (χ3n) is 2.31. The van der Waals surface area contributed by atoms with Gasteiger partial charge in [-0.15, -0.1) is 0 Å². The number of carbonyl (C=O) groups is 2. The number of carbonyl (C=O) groups excluding carboxylic acids is 2. The van der Waals surface area contributed by atoms with E-state index in [0.717, 1.165) is 12.1 Å². The smallest absolute Gasteiger partial charge is 0.251 e. The van der Waals surface area contributed by atoms with Crippen molar-refractivity contribution in [3.8, 4) is 0 Å². The zero-order valence-electron chi connectivity index (χ0n) is 9.57. The molecule has 0 saturated heterocycles. The van der Waals surface area contributed by atoms with Crippen LogP contribution in [0.15, 0.2) is 24.3 Å². The van der Waals surface area contributed by atoms with Crippen LogP contribution in [0.1, 0.15) is 24.2 Å². The monoisotopic (exact) mass is 238 g/mol. The average molecular weight is 238 g/mol. The quantitative estimate of drug-likeness (QED) is 0.821. The van der Waals surface area contributed by atoms with Crippen LogP contribution in [0.3, 0.4) is 0 Å². The maximum atomic E-state index is 12.6. The zero-order chi connectivity index (χ0) is 13.0. The molecule has 0 radical (unpaired) electrons. The van der Waals surface area contributed by atoms with E-state index in [4.69, 9.17) is 0 Å². The summed E-state index contributed by atoms with van der Waals surface area (Å²) >= 11 is 0. The van der Waals surface area contributed by atoms with Crippen molar-refractivity contribution >= 4 is 11.9 Å². The highest BCUT2D eigenvalue weighted by atomic mass is 19.1. The van der Waals surface area contributed by atoms with Crippen molar-refractivity contribution in [1.29, 1.82) is 0 Å². The molecule has 0 bridgehead atoms. The Balaban J connectivity index is 2.77. The highest BCUT2D eigenvalue weighted by Gasteiger charge is 2.17. The van der Waals surface area contributed by atoms with Crippen LogP contribution in [0.5, 0.6) is 0 Å². The summed E-state index contributed by atoms with van der Waals surface area (Å²) in [6.45, 7) is 3.32. The molecule has 0 heterocycles. The van der Waals surface area contributed by atoms with Crippen LogP contribution in [0, 0.1) is 11.7 Å². The van der Waals surface area contributed by atoms with Gasteiger partial charge in [0.25, 0.3) is 5.91 Å². The minimum absolute atomic E-state index is 0.207. The van der Waals surface area contributed by atoms with E-state index in [1.54, 1.807) is 13.8 Å². The van der Waals surface area contributed by atoms with Crippen molar-refractivity contribution in [3.63, 3.8) is 0 Å². The molecule has 0 spiro atoms. The van der Waals surface area contributed by atoms with Crippen molar-refractivity contribution in [2.45, 2.75) is 19.9 Å².